The molecule has 0 saturated carbocycles. The molecule has 0 unspecified atom stereocenters. The van der Waals surface area contributed by atoms with Crippen molar-refractivity contribution in [2.45, 2.75) is 13.3 Å². The molecule has 0 aliphatic heterocycles. The zero-order valence-corrected chi connectivity index (χ0v) is 9.13. The molecule has 1 aromatic rings. The highest BCUT2D eigenvalue weighted by atomic mass is 79.9. The van der Waals surface area contributed by atoms with Crippen LogP contribution in [0.15, 0.2) is 16.6 Å². The lowest BCUT2D eigenvalue weighted by atomic mass is 10.0. The fourth-order valence-corrected chi connectivity index (χ4v) is 1.85. The number of nitrogens with zero attached hydrogens (tertiary/aromatic N) is 1. The first-order valence-electron chi connectivity index (χ1n) is 3.96. The minimum atomic E-state index is -0.899. The van der Waals surface area contributed by atoms with E-state index in [4.69, 9.17) is 10.4 Å². The Morgan fingerprint density at radius 2 is 2.29 bits per heavy atom. The number of carbonyl (C=O) groups is 1. The molecule has 0 heterocycles. The lowest BCUT2D eigenvalue weighted by molar-refractivity contribution is -0.136. The molecule has 0 fully saturated rings. The monoisotopic (exact) mass is 253 g/mol. The highest BCUT2D eigenvalue weighted by molar-refractivity contribution is 9.10. The van der Waals surface area contributed by atoms with Gasteiger partial charge >= 0.3 is 5.97 Å². The number of nitriles is 1. The Kier molecular flexibility index (Phi) is 3.26. The van der Waals surface area contributed by atoms with Crippen LogP contribution in [0.4, 0.5) is 0 Å². The molecule has 0 aliphatic rings. The Bertz CT molecular complexity index is 421. The van der Waals surface area contributed by atoms with E-state index in [1.54, 1.807) is 12.1 Å². The third kappa shape index (κ3) is 2.12. The number of hydrogen-bond acceptors (Lipinski definition) is 2. The molecule has 3 nitrogen and oxygen atoms in total. The molecule has 0 saturated heterocycles. The van der Waals surface area contributed by atoms with Crippen molar-refractivity contribution in [3.8, 4) is 6.07 Å². The average Bonchev–Trinajstić information content (AvgIpc) is 2.12. The number of rotatable bonds is 2. The summed E-state index contributed by atoms with van der Waals surface area (Å²) < 4.78 is 0.586. The molecular weight excluding hydrogens is 246 g/mol. The summed E-state index contributed by atoms with van der Waals surface area (Å²) in [4.78, 5) is 10.6. The van der Waals surface area contributed by atoms with Crippen LogP contribution >= 0.6 is 15.9 Å². The summed E-state index contributed by atoms with van der Waals surface area (Å²) in [7, 11) is 0. The van der Waals surface area contributed by atoms with Gasteiger partial charge in [0, 0.05) is 4.47 Å². The summed E-state index contributed by atoms with van der Waals surface area (Å²) >= 11 is 3.23. The molecule has 0 aromatic heterocycles. The maximum atomic E-state index is 10.6. The van der Waals surface area contributed by atoms with Gasteiger partial charge in [-0.15, -0.1) is 0 Å². The van der Waals surface area contributed by atoms with Crippen molar-refractivity contribution in [1.29, 1.82) is 5.26 Å². The van der Waals surface area contributed by atoms with E-state index >= 15 is 0 Å². The topological polar surface area (TPSA) is 61.1 Å². The smallest absolute Gasteiger partial charge is 0.307 e. The maximum absolute atomic E-state index is 10.6. The molecule has 0 radical (unpaired) electrons. The van der Waals surface area contributed by atoms with Gasteiger partial charge in [-0.1, -0.05) is 6.07 Å². The van der Waals surface area contributed by atoms with E-state index in [1.165, 1.54) is 0 Å². The van der Waals surface area contributed by atoms with E-state index in [1.807, 2.05) is 13.0 Å². The molecule has 4 heteroatoms. The first-order chi connectivity index (χ1) is 6.56. The van der Waals surface area contributed by atoms with Gasteiger partial charge in [0.2, 0.25) is 0 Å². The molecule has 1 N–H and O–H groups in total. The summed E-state index contributed by atoms with van der Waals surface area (Å²) in [5, 5.41) is 17.4. The van der Waals surface area contributed by atoms with Gasteiger partial charge in [0.1, 0.15) is 6.07 Å². The van der Waals surface area contributed by atoms with Gasteiger partial charge in [-0.05, 0) is 40.0 Å². The normalized spacial score (nSPS) is 9.50. The van der Waals surface area contributed by atoms with Crippen LogP contribution < -0.4 is 0 Å². The molecule has 0 spiro atoms. The molecule has 0 aliphatic carbocycles. The van der Waals surface area contributed by atoms with E-state index in [-0.39, 0.29) is 6.42 Å². The zero-order chi connectivity index (χ0) is 10.7. The van der Waals surface area contributed by atoms with Crippen LogP contribution in [-0.4, -0.2) is 11.1 Å². The Hall–Kier alpha value is -1.34. The summed E-state index contributed by atoms with van der Waals surface area (Å²) in [5.74, 6) is -0.899. The van der Waals surface area contributed by atoms with Crippen LogP contribution in [0.25, 0.3) is 0 Å². The number of aryl methyl sites for hydroxylation is 1. The number of carboxylic acids is 1. The van der Waals surface area contributed by atoms with Gasteiger partial charge < -0.3 is 5.11 Å². The number of halogens is 1. The summed E-state index contributed by atoms with van der Waals surface area (Å²) in [6, 6.07) is 5.42. The number of aliphatic carboxylic acids is 1. The highest BCUT2D eigenvalue weighted by Gasteiger charge is 2.11. The standard InChI is InChI=1S/C10H8BrNO2/c1-6-2-3-7(5-12)10(11)8(6)4-9(13)14/h2-3H,4H2,1H3,(H,13,14). The Morgan fingerprint density at radius 1 is 1.64 bits per heavy atom. The second kappa shape index (κ2) is 4.25. The summed E-state index contributed by atoms with van der Waals surface area (Å²) in [6.45, 7) is 1.82. The van der Waals surface area contributed by atoms with Crippen molar-refractivity contribution in [2.75, 3.05) is 0 Å². The van der Waals surface area contributed by atoms with Crippen molar-refractivity contribution >= 4 is 21.9 Å². The molecule has 1 aromatic carbocycles. The SMILES string of the molecule is Cc1ccc(C#N)c(Br)c1CC(=O)O. The van der Waals surface area contributed by atoms with E-state index in [0.29, 0.717) is 15.6 Å². The van der Waals surface area contributed by atoms with Crippen molar-refractivity contribution < 1.29 is 9.90 Å². The molecule has 0 atom stereocenters. The lowest BCUT2D eigenvalue weighted by Crippen LogP contribution is -2.03. The third-order valence-electron chi connectivity index (χ3n) is 1.93. The largest absolute Gasteiger partial charge is 0.481 e. The van der Waals surface area contributed by atoms with Gasteiger partial charge in [0.15, 0.2) is 0 Å². The van der Waals surface area contributed by atoms with Crippen molar-refractivity contribution in [3.05, 3.63) is 33.3 Å². The third-order valence-corrected chi connectivity index (χ3v) is 2.83. The lowest BCUT2D eigenvalue weighted by Gasteiger charge is -2.06. The highest BCUT2D eigenvalue weighted by Crippen LogP contribution is 2.24. The van der Waals surface area contributed by atoms with Gasteiger partial charge in [-0.25, -0.2) is 0 Å². The molecule has 72 valence electrons. The average molecular weight is 254 g/mol. The van der Waals surface area contributed by atoms with Crippen molar-refractivity contribution in [3.63, 3.8) is 0 Å². The number of benzene rings is 1. The predicted molar refractivity (Wildman–Crippen MR) is 54.9 cm³/mol. The first kappa shape index (κ1) is 10.7. The van der Waals surface area contributed by atoms with Gasteiger partial charge in [0.05, 0.1) is 12.0 Å². The van der Waals surface area contributed by atoms with Crippen molar-refractivity contribution in [1.82, 2.24) is 0 Å². The van der Waals surface area contributed by atoms with E-state index in [0.717, 1.165) is 5.56 Å². The first-order valence-corrected chi connectivity index (χ1v) is 4.75. The molecule has 0 bridgehead atoms. The zero-order valence-electron chi connectivity index (χ0n) is 7.54. The second-order valence-electron chi connectivity index (χ2n) is 2.90. The second-order valence-corrected chi connectivity index (χ2v) is 3.70. The maximum Gasteiger partial charge on any atom is 0.307 e. The molecule has 0 amide bonds. The van der Waals surface area contributed by atoms with Crippen LogP contribution in [0, 0.1) is 18.3 Å². The van der Waals surface area contributed by atoms with E-state index in [2.05, 4.69) is 15.9 Å². The van der Waals surface area contributed by atoms with Gasteiger partial charge in [-0.2, -0.15) is 5.26 Å². The number of carboxylic acid groups (broad SMARTS) is 1. The Labute approximate surface area is 90.1 Å². The molecular formula is C10H8BrNO2. The van der Waals surface area contributed by atoms with E-state index < -0.39 is 5.97 Å². The fraction of sp³-hybridized carbons (Fsp3) is 0.200. The Morgan fingerprint density at radius 3 is 2.79 bits per heavy atom. The van der Waals surface area contributed by atoms with Crippen LogP contribution in [0.1, 0.15) is 16.7 Å². The summed E-state index contributed by atoms with van der Waals surface area (Å²) in [5.41, 5.74) is 2.00. The van der Waals surface area contributed by atoms with E-state index in [9.17, 15) is 4.79 Å². The Balaban J connectivity index is 3.27. The fourth-order valence-electron chi connectivity index (χ4n) is 1.17. The van der Waals surface area contributed by atoms with Crippen LogP contribution in [0.3, 0.4) is 0 Å². The summed E-state index contributed by atoms with van der Waals surface area (Å²) in [6.07, 6.45) is -0.0675. The van der Waals surface area contributed by atoms with Crippen molar-refractivity contribution in [2.24, 2.45) is 0 Å². The van der Waals surface area contributed by atoms with Gasteiger partial charge in [-0.3, -0.25) is 4.79 Å². The minimum Gasteiger partial charge on any atom is -0.481 e. The molecule has 1 rings (SSSR count). The molecule has 14 heavy (non-hydrogen) atoms. The van der Waals surface area contributed by atoms with Crippen LogP contribution in [0.2, 0.25) is 0 Å². The van der Waals surface area contributed by atoms with Gasteiger partial charge in [0.25, 0.3) is 0 Å². The quantitative estimate of drug-likeness (QED) is 0.880. The van der Waals surface area contributed by atoms with Crippen LogP contribution in [0.5, 0.6) is 0 Å². The predicted octanol–water partition coefficient (Wildman–Crippen LogP) is 2.26. The minimum absolute atomic E-state index is 0.0675. The van der Waals surface area contributed by atoms with Crippen LogP contribution in [-0.2, 0) is 11.2 Å². The number of hydrogen-bond donors (Lipinski definition) is 1.